The molecule has 0 saturated heterocycles. The third-order valence-corrected chi connectivity index (χ3v) is 2.34. The zero-order chi connectivity index (χ0) is 14.3. The number of carbonyl (C=O) groups is 1. The van der Waals surface area contributed by atoms with E-state index in [9.17, 15) is 4.79 Å². The molecule has 1 unspecified atom stereocenters. The van der Waals surface area contributed by atoms with Gasteiger partial charge in [-0.3, -0.25) is 0 Å². The Morgan fingerprint density at radius 1 is 1.32 bits per heavy atom. The highest BCUT2D eigenvalue weighted by Crippen LogP contribution is 2.08. The van der Waals surface area contributed by atoms with Crippen molar-refractivity contribution in [2.45, 2.75) is 38.8 Å². The molecule has 0 aromatic heterocycles. The van der Waals surface area contributed by atoms with E-state index in [2.05, 4.69) is 16.0 Å². The minimum atomic E-state index is -0.599. The Balaban J connectivity index is 2.85. The van der Waals surface area contributed by atoms with Crippen LogP contribution in [0.2, 0.25) is 0 Å². The molecular weight excluding hydrogens is 240 g/mol. The number of esters is 1. The van der Waals surface area contributed by atoms with Crippen molar-refractivity contribution in [3.8, 4) is 0 Å². The van der Waals surface area contributed by atoms with Crippen molar-refractivity contribution in [1.82, 2.24) is 0 Å². The smallest absolute Gasteiger partial charge is 0.331 e. The van der Waals surface area contributed by atoms with Gasteiger partial charge in [-0.2, -0.15) is 0 Å². The van der Waals surface area contributed by atoms with Gasteiger partial charge in [-0.15, -0.1) is 0 Å². The zero-order valence-electron chi connectivity index (χ0n) is 11.9. The summed E-state index contributed by atoms with van der Waals surface area (Å²) in [7, 11) is 1.36. The van der Waals surface area contributed by atoms with E-state index in [4.69, 9.17) is 4.74 Å². The second kappa shape index (κ2) is 6.86. The maximum absolute atomic E-state index is 11.7. The summed E-state index contributed by atoms with van der Waals surface area (Å²) in [5.41, 5.74) is 0.774. The first kappa shape index (κ1) is 15.1. The number of rotatable bonds is 4. The second-order valence-corrected chi connectivity index (χ2v) is 5.24. The number of ether oxygens (including phenoxy) is 1. The van der Waals surface area contributed by atoms with Gasteiger partial charge in [0.1, 0.15) is 0 Å². The highest BCUT2D eigenvalue weighted by atomic mass is 16.5. The molecule has 0 aliphatic carbocycles. The van der Waals surface area contributed by atoms with Crippen LogP contribution in [0.1, 0.15) is 26.3 Å². The molecule has 0 amide bonds. The number of hydrogen-bond donors (Lipinski definition) is 0. The van der Waals surface area contributed by atoms with E-state index >= 15 is 0 Å². The molecule has 0 fully saturated rings. The zero-order valence-corrected chi connectivity index (χ0v) is 11.9. The van der Waals surface area contributed by atoms with E-state index < -0.39 is 6.04 Å². The Morgan fingerprint density at radius 2 is 1.95 bits per heavy atom. The van der Waals surface area contributed by atoms with Crippen molar-refractivity contribution < 1.29 is 9.53 Å². The molecule has 1 aromatic rings. The minimum Gasteiger partial charge on any atom is -0.467 e. The lowest BCUT2D eigenvalue weighted by Crippen LogP contribution is -2.22. The molecule has 4 heteroatoms. The average Bonchev–Trinajstić information content (AvgIpc) is 2.36. The number of benzene rings is 1. The molecule has 0 bridgehead atoms. The van der Waals surface area contributed by atoms with Crippen LogP contribution >= 0.6 is 0 Å². The SMILES string of the molecule is COC(=O)C(Cc1ccccc1)N=C=NC(C)(C)C. The van der Waals surface area contributed by atoms with E-state index in [0.29, 0.717) is 6.42 Å². The van der Waals surface area contributed by atoms with E-state index in [0.717, 1.165) is 5.56 Å². The largest absolute Gasteiger partial charge is 0.467 e. The molecule has 0 aliphatic rings. The summed E-state index contributed by atoms with van der Waals surface area (Å²) in [6, 6.07) is 11.7. The number of carbonyl (C=O) groups excluding carboxylic acids is 1. The molecule has 0 N–H and O–H groups in total. The Bertz CT molecular complexity index is 469. The number of aliphatic imine (C=N–C) groups is 2. The van der Waals surface area contributed by atoms with Crippen LogP contribution in [0.15, 0.2) is 40.3 Å². The first-order valence-corrected chi connectivity index (χ1v) is 6.21. The molecule has 1 rings (SSSR count). The van der Waals surface area contributed by atoms with Gasteiger partial charge in [0, 0.05) is 6.42 Å². The Hall–Kier alpha value is -1.93. The monoisotopic (exact) mass is 260 g/mol. The van der Waals surface area contributed by atoms with Crippen LogP contribution in [0, 0.1) is 0 Å². The maximum atomic E-state index is 11.7. The molecule has 0 radical (unpaired) electrons. The van der Waals surface area contributed by atoms with Gasteiger partial charge in [0.2, 0.25) is 0 Å². The molecule has 1 atom stereocenters. The van der Waals surface area contributed by atoms with Gasteiger partial charge in [0.05, 0.1) is 18.7 Å². The van der Waals surface area contributed by atoms with Crippen LogP contribution in [0.4, 0.5) is 0 Å². The third kappa shape index (κ3) is 5.98. The average molecular weight is 260 g/mol. The summed E-state index contributed by atoms with van der Waals surface area (Å²) >= 11 is 0. The van der Waals surface area contributed by atoms with Gasteiger partial charge in [0.15, 0.2) is 6.04 Å². The highest BCUT2D eigenvalue weighted by Gasteiger charge is 2.18. The van der Waals surface area contributed by atoms with Crippen LogP contribution in [0.5, 0.6) is 0 Å². The molecule has 0 aliphatic heterocycles. The highest BCUT2D eigenvalue weighted by molar-refractivity contribution is 5.77. The summed E-state index contributed by atoms with van der Waals surface area (Å²) in [5, 5.41) is 0. The topological polar surface area (TPSA) is 51.0 Å². The Morgan fingerprint density at radius 3 is 2.47 bits per heavy atom. The number of nitrogens with zero attached hydrogens (tertiary/aromatic N) is 2. The molecular formula is C15H20N2O2. The Labute approximate surface area is 114 Å². The molecule has 102 valence electrons. The predicted octanol–water partition coefficient (Wildman–Crippen LogP) is 2.74. The molecule has 4 nitrogen and oxygen atoms in total. The standard InChI is InChI=1S/C15H20N2O2/c1-15(2,3)17-11-16-13(14(18)19-4)10-12-8-6-5-7-9-12/h5-9,13H,10H2,1-4H3. The van der Waals surface area contributed by atoms with Crippen molar-refractivity contribution in [2.24, 2.45) is 9.98 Å². The summed E-state index contributed by atoms with van der Waals surface area (Å²) in [4.78, 5) is 19.9. The van der Waals surface area contributed by atoms with Crippen molar-refractivity contribution >= 4 is 12.0 Å². The van der Waals surface area contributed by atoms with Crippen molar-refractivity contribution in [2.75, 3.05) is 7.11 Å². The van der Waals surface area contributed by atoms with Gasteiger partial charge in [-0.05, 0) is 26.3 Å². The normalized spacial score (nSPS) is 12.2. The first-order chi connectivity index (χ1) is 8.92. The van der Waals surface area contributed by atoms with Crippen molar-refractivity contribution in [3.63, 3.8) is 0 Å². The number of methoxy groups -OCH3 is 1. The van der Waals surface area contributed by atoms with Gasteiger partial charge in [0.25, 0.3) is 0 Å². The van der Waals surface area contributed by atoms with Gasteiger partial charge >= 0.3 is 5.97 Å². The fourth-order valence-corrected chi connectivity index (χ4v) is 1.40. The number of hydrogen-bond acceptors (Lipinski definition) is 4. The van der Waals surface area contributed by atoms with E-state index in [-0.39, 0.29) is 11.5 Å². The molecule has 0 saturated carbocycles. The predicted molar refractivity (Wildman–Crippen MR) is 75.6 cm³/mol. The lowest BCUT2D eigenvalue weighted by atomic mass is 10.1. The Kier molecular flexibility index (Phi) is 5.46. The molecule has 0 heterocycles. The van der Waals surface area contributed by atoms with Crippen molar-refractivity contribution in [3.05, 3.63) is 35.9 Å². The van der Waals surface area contributed by atoms with Gasteiger partial charge in [-0.1, -0.05) is 30.3 Å². The van der Waals surface area contributed by atoms with E-state index in [1.165, 1.54) is 7.11 Å². The van der Waals surface area contributed by atoms with Crippen LogP contribution in [-0.4, -0.2) is 30.7 Å². The lowest BCUT2D eigenvalue weighted by molar-refractivity contribution is -0.142. The molecule has 0 spiro atoms. The van der Waals surface area contributed by atoms with Gasteiger partial charge in [-0.25, -0.2) is 14.8 Å². The van der Waals surface area contributed by atoms with Gasteiger partial charge < -0.3 is 4.74 Å². The molecule has 19 heavy (non-hydrogen) atoms. The first-order valence-electron chi connectivity index (χ1n) is 6.21. The van der Waals surface area contributed by atoms with Crippen LogP contribution in [0.3, 0.4) is 0 Å². The fraction of sp³-hybridized carbons (Fsp3) is 0.467. The fourth-order valence-electron chi connectivity index (χ4n) is 1.40. The van der Waals surface area contributed by atoms with E-state index in [1.807, 2.05) is 51.1 Å². The quantitative estimate of drug-likeness (QED) is 0.617. The van der Waals surface area contributed by atoms with Crippen LogP contribution < -0.4 is 0 Å². The third-order valence-electron chi connectivity index (χ3n) is 2.34. The molecule has 1 aromatic carbocycles. The lowest BCUT2D eigenvalue weighted by Gasteiger charge is -2.10. The summed E-state index contributed by atoms with van der Waals surface area (Å²) < 4.78 is 4.75. The maximum Gasteiger partial charge on any atom is 0.331 e. The van der Waals surface area contributed by atoms with Crippen molar-refractivity contribution in [1.29, 1.82) is 0 Å². The van der Waals surface area contributed by atoms with Crippen LogP contribution in [0.25, 0.3) is 0 Å². The minimum absolute atomic E-state index is 0.253. The van der Waals surface area contributed by atoms with E-state index in [1.54, 1.807) is 0 Å². The second-order valence-electron chi connectivity index (χ2n) is 5.24. The summed E-state index contributed by atoms with van der Waals surface area (Å²) in [6.45, 7) is 5.83. The van der Waals surface area contributed by atoms with Crippen LogP contribution in [-0.2, 0) is 16.0 Å². The summed E-state index contributed by atoms with van der Waals surface area (Å²) in [5.74, 6) is -0.375. The summed E-state index contributed by atoms with van der Waals surface area (Å²) in [6.07, 6.45) is 0.486.